The normalized spacial score (nSPS) is 18.0. The fourth-order valence-electron chi connectivity index (χ4n) is 2.78. The van der Waals surface area contributed by atoms with E-state index in [4.69, 9.17) is 5.26 Å². The Morgan fingerprint density at radius 2 is 2.00 bits per heavy atom. The molecule has 0 radical (unpaired) electrons. The first-order valence-corrected chi connectivity index (χ1v) is 6.97. The summed E-state index contributed by atoms with van der Waals surface area (Å²) in [6.07, 6.45) is 3.91. The molecule has 1 atom stereocenters. The summed E-state index contributed by atoms with van der Waals surface area (Å²) in [5.74, 6) is 0. The molecule has 2 heterocycles. The summed E-state index contributed by atoms with van der Waals surface area (Å²) in [6.45, 7) is 2.98. The van der Waals surface area contributed by atoms with Crippen LogP contribution in [0.5, 0.6) is 0 Å². The van der Waals surface area contributed by atoms with Crippen LogP contribution in [0.1, 0.15) is 18.5 Å². The van der Waals surface area contributed by atoms with Crippen LogP contribution in [0.4, 0.5) is 5.69 Å². The monoisotopic (exact) mass is 263 g/mol. The van der Waals surface area contributed by atoms with Gasteiger partial charge in [0.1, 0.15) is 6.04 Å². The Morgan fingerprint density at radius 3 is 2.70 bits per heavy atom. The van der Waals surface area contributed by atoms with Crippen molar-refractivity contribution in [3.63, 3.8) is 0 Å². The highest BCUT2D eigenvalue weighted by Crippen LogP contribution is 2.28. The Morgan fingerprint density at radius 1 is 1.20 bits per heavy atom. The van der Waals surface area contributed by atoms with Gasteiger partial charge in [-0.3, -0.25) is 4.98 Å². The molecule has 1 aliphatic heterocycles. The van der Waals surface area contributed by atoms with Gasteiger partial charge in [-0.2, -0.15) is 5.26 Å². The molecule has 3 heteroatoms. The van der Waals surface area contributed by atoms with Crippen molar-refractivity contribution in [3.8, 4) is 17.2 Å². The van der Waals surface area contributed by atoms with E-state index in [2.05, 4.69) is 46.3 Å². The molecule has 20 heavy (non-hydrogen) atoms. The highest BCUT2D eigenvalue weighted by Gasteiger charge is 2.24. The number of pyridine rings is 1. The van der Waals surface area contributed by atoms with Crippen molar-refractivity contribution in [1.82, 2.24) is 4.98 Å². The van der Waals surface area contributed by atoms with E-state index in [1.165, 1.54) is 11.1 Å². The molecule has 0 aliphatic carbocycles. The lowest BCUT2D eigenvalue weighted by Crippen LogP contribution is -2.27. The van der Waals surface area contributed by atoms with Crippen molar-refractivity contribution < 1.29 is 0 Å². The number of hydrogen-bond acceptors (Lipinski definition) is 3. The Balaban J connectivity index is 1.87. The van der Waals surface area contributed by atoms with E-state index in [9.17, 15) is 0 Å². The van der Waals surface area contributed by atoms with Crippen LogP contribution < -0.4 is 4.90 Å². The van der Waals surface area contributed by atoms with Crippen molar-refractivity contribution in [2.45, 2.75) is 25.8 Å². The second kappa shape index (κ2) is 5.34. The number of aromatic nitrogens is 1. The number of nitriles is 1. The SMILES string of the molecule is Cc1cc(-c2ccc(N3CCC[C@@H]3C#N)cc2)ccn1. The van der Waals surface area contributed by atoms with E-state index >= 15 is 0 Å². The van der Waals surface area contributed by atoms with Crippen LogP contribution in [-0.4, -0.2) is 17.6 Å². The van der Waals surface area contributed by atoms with Crippen molar-refractivity contribution in [1.29, 1.82) is 5.26 Å². The van der Waals surface area contributed by atoms with Crippen LogP contribution in [0.15, 0.2) is 42.6 Å². The maximum absolute atomic E-state index is 9.16. The minimum absolute atomic E-state index is 0.0315. The molecule has 1 aliphatic rings. The third kappa shape index (κ3) is 2.37. The number of nitrogens with zero attached hydrogens (tertiary/aromatic N) is 3. The number of benzene rings is 1. The molecule has 3 rings (SSSR count). The summed E-state index contributed by atoms with van der Waals surface area (Å²) >= 11 is 0. The predicted molar refractivity (Wildman–Crippen MR) is 80.4 cm³/mol. The molecule has 0 unspecified atom stereocenters. The van der Waals surface area contributed by atoms with E-state index < -0.39 is 0 Å². The Kier molecular flexibility index (Phi) is 3.39. The number of hydrogen-bond donors (Lipinski definition) is 0. The van der Waals surface area contributed by atoms with Gasteiger partial charge in [0.2, 0.25) is 0 Å². The quantitative estimate of drug-likeness (QED) is 0.832. The van der Waals surface area contributed by atoms with E-state index in [-0.39, 0.29) is 6.04 Å². The van der Waals surface area contributed by atoms with E-state index in [1.54, 1.807) is 0 Å². The molecule has 0 spiro atoms. The number of aryl methyl sites for hydroxylation is 1. The fraction of sp³-hybridized carbons (Fsp3) is 0.294. The Bertz CT molecular complexity index is 640. The maximum Gasteiger partial charge on any atom is 0.116 e. The van der Waals surface area contributed by atoms with Gasteiger partial charge >= 0.3 is 0 Å². The molecule has 1 aromatic carbocycles. The summed E-state index contributed by atoms with van der Waals surface area (Å²) in [4.78, 5) is 6.42. The van der Waals surface area contributed by atoms with Gasteiger partial charge in [0, 0.05) is 24.1 Å². The largest absolute Gasteiger partial charge is 0.356 e. The average molecular weight is 263 g/mol. The minimum Gasteiger partial charge on any atom is -0.356 e. The van der Waals surface area contributed by atoms with E-state index in [1.807, 2.05) is 19.2 Å². The van der Waals surface area contributed by atoms with Gasteiger partial charge in [-0.15, -0.1) is 0 Å². The van der Waals surface area contributed by atoms with Gasteiger partial charge in [0.25, 0.3) is 0 Å². The summed E-state index contributed by atoms with van der Waals surface area (Å²) in [6, 6.07) is 15.0. The lowest BCUT2D eigenvalue weighted by atomic mass is 10.1. The zero-order valence-corrected chi connectivity index (χ0v) is 11.6. The van der Waals surface area contributed by atoms with Crippen LogP contribution in [0.3, 0.4) is 0 Å². The van der Waals surface area contributed by atoms with Crippen LogP contribution in [0.2, 0.25) is 0 Å². The van der Waals surface area contributed by atoms with Gasteiger partial charge in [0.15, 0.2) is 0 Å². The Labute approximate surface area is 119 Å². The van der Waals surface area contributed by atoms with Crippen LogP contribution in [0, 0.1) is 18.3 Å². The maximum atomic E-state index is 9.16. The summed E-state index contributed by atoms with van der Waals surface area (Å²) in [5.41, 5.74) is 4.54. The fourth-order valence-corrected chi connectivity index (χ4v) is 2.78. The molecular formula is C17H17N3. The van der Waals surface area contributed by atoms with Crippen LogP contribution in [0.25, 0.3) is 11.1 Å². The molecule has 100 valence electrons. The van der Waals surface area contributed by atoms with Crippen LogP contribution >= 0.6 is 0 Å². The molecule has 0 amide bonds. The first-order valence-electron chi connectivity index (χ1n) is 6.97. The van der Waals surface area contributed by atoms with Gasteiger partial charge in [-0.1, -0.05) is 12.1 Å². The average Bonchev–Trinajstić information content (AvgIpc) is 2.96. The van der Waals surface area contributed by atoms with E-state index in [0.29, 0.717) is 0 Å². The molecule has 0 N–H and O–H groups in total. The topological polar surface area (TPSA) is 39.9 Å². The lowest BCUT2D eigenvalue weighted by molar-refractivity contribution is 0.818. The molecular weight excluding hydrogens is 246 g/mol. The zero-order valence-electron chi connectivity index (χ0n) is 11.6. The summed E-state index contributed by atoms with van der Waals surface area (Å²) in [7, 11) is 0. The summed E-state index contributed by atoms with van der Waals surface area (Å²) < 4.78 is 0. The molecule has 1 aromatic heterocycles. The predicted octanol–water partition coefficient (Wildman–Crippen LogP) is 3.55. The van der Waals surface area contributed by atoms with Gasteiger partial charge in [0.05, 0.1) is 6.07 Å². The minimum atomic E-state index is 0.0315. The highest BCUT2D eigenvalue weighted by molar-refractivity contribution is 5.66. The number of rotatable bonds is 2. The second-order valence-electron chi connectivity index (χ2n) is 5.21. The third-order valence-electron chi connectivity index (χ3n) is 3.83. The van der Waals surface area contributed by atoms with Gasteiger partial charge < -0.3 is 4.90 Å². The highest BCUT2D eigenvalue weighted by atomic mass is 15.2. The molecule has 3 nitrogen and oxygen atoms in total. The van der Waals surface area contributed by atoms with Crippen molar-refractivity contribution in [2.24, 2.45) is 0 Å². The van der Waals surface area contributed by atoms with Crippen molar-refractivity contribution in [2.75, 3.05) is 11.4 Å². The van der Waals surface area contributed by atoms with Crippen LogP contribution in [-0.2, 0) is 0 Å². The molecule has 1 saturated heterocycles. The van der Waals surface area contributed by atoms with E-state index in [0.717, 1.165) is 30.8 Å². The smallest absolute Gasteiger partial charge is 0.116 e. The number of anilines is 1. The summed E-state index contributed by atoms with van der Waals surface area (Å²) in [5, 5.41) is 9.16. The molecule has 2 aromatic rings. The zero-order chi connectivity index (χ0) is 13.9. The first-order chi connectivity index (χ1) is 9.78. The molecule has 0 saturated carbocycles. The molecule has 1 fully saturated rings. The van der Waals surface area contributed by atoms with Gasteiger partial charge in [-0.05, 0) is 55.2 Å². The first kappa shape index (κ1) is 12.7. The van der Waals surface area contributed by atoms with Gasteiger partial charge in [-0.25, -0.2) is 0 Å². The standard InChI is InChI=1S/C17H17N3/c1-13-11-15(8-9-19-13)14-4-6-16(7-5-14)20-10-2-3-17(20)12-18/h4-9,11,17H,2-3,10H2,1H3/t17-/m1/s1. The molecule has 0 bridgehead atoms. The second-order valence-corrected chi connectivity index (χ2v) is 5.21. The lowest BCUT2D eigenvalue weighted by Gasteiger charge is -2.22. The third-order valence-corrected chi connectivity index (χ3v) is 3.83. The Hall–Kier alpha value is -2.34. The van der Waals surface area contributed by atoms with Crippen molar-refractivity contribution in [3.05, 3.63) is 48.3 Å². The van der Waals surface area contributed by atoms with Crippen molar-refractivity contribution >= 4 is 5.69 Å².